The van der Waals surface area contributed by atoms with Crippen molar-refractivity contribution in [1.29, 1.82) is 0 Å². The number of sulfone groups is 4. The number of pyridine rings is 1. The number of amides is 6. The molecule has 0 spiro atoms. The van der Waals surface area contributed by atoms with Crippen molar-refractivity contribution in [3.63, 3.8) is 0 Å². The Bertz CT molecular complexity index is 6360. The number of alkyl halides is 3. The van der Waals surface area contributed by atoms with E-state index in [1.54, 1.807) is 127 Å². The van der Waals surface area contributed by atoms with E-state index in [-0.39, 0.29) is 166 Å². The Balaban J connectivity index is 0.000000241. The van der Waals surface area contributed by atoms with E-state index in [1.165, 1.54) is 82.7 Å². The molecule has 5 aromatic heterocycles. The van der Waals surface area contributed by atoms with Gasteiger partial charge >= 0.3 is 41.8 Å². The molecule has 3 radical (unpaired) electrons. The fraction of sp³-hybridized carbons (Fsp3) is 0.217. The molecule has 7 aliphatic rings. The average Bonchev–Trinajstić information content (AvgIpc) is 1.67. The van der Waals surface area contributed by atoms with Gasteiger partial charge in [-0.05, 0) is 110 Å². The first-order chi connectivity index (χ1) is 59.4. The van der Waals surface area contributed by atoms with Crippen LogP contribution in [0.2, 0.25) is 0 Å². The van der Waals surface area contributed by atoms with E-state index in [2.05, 4.69) is 68.9 Å². The number of aromatic nitrogens is 7. The number of urea groups is 1. The van der Waals surface area contributed by atoms with E-state index in [0.717, 1.165) is 39.1 Å². The molecule has 33 nitrogen and oxygen atoms in total. The minimum Gasteiger partial charge on any atom is -1.00 e. The van der Waals surface area contributed by atoms with E-state index in [9.17, 15) is 70.8 Å². The number of benzene rings is 6. The van der Waals surface area contributed by atoms with Gasteiger partial charge in [0.2, 0.25) is 55.9 Å². The first-order valence-corrected chi connectivity index (χ1v) is 45.0. The van der Waals surface area contributed by atoms with E-state index in [0.29, 0.717) is 78.4 Å². The number of carbonyl (C=O) groups excluding carboxylic acids is 6. The van der Waals surface area contributed by atoms with Gasteiger partial charge in [-0.3, -0.25) is 28.9 Å². The normalized spacial score (nSPS) is 15.8. The number of aliphatic hydroxyl groups excluding tert-OH is 1. The summed E-state index contributed by atoms with van der Waals surface area (Å²) in [5, 5.41) is 33.4. The molecular weight excluding hydrogens is 1810 g/mol. The number of nitrogens with zero attached hydrogens (tertiary/aromatic N) is 8. The number of aromatic amines is 1. The zero-order valence-corrected chi connectivity index (χ0v) is 76.1. The van der Waals surface area contributed by atoms with Gasteiger partial charge in [-0.1, -0.05) is 108 Å². The summed E-state index contributed by atoms with van der Waals surface area (Å²) >= 11 is 2.96. The third-order valence-corrected chi connectivity index (χ3v) is 29.0. The Kier molecular flexibility index (Phi) is 37.7. The quantitative estimate of drug-likeness (QED) is 0.0760. The number of hydrogen-bond acceptors (Lipinski definition) is 26. The topological polar surface area (TPSA) is 458 Å². The number of ether oxygens (including phenoxy) is 2. The van der Waals surface area contributed by atoms with Crippen LogP contribution < -0.4 is 94.1 Å². The van der Waals surface area contributed by atoms with Gasteiger partial charge in [0.05, 0.1) is 89.6 Å². The largest absolute Gasteiger partial charge is 1.00 e. The number of aliphatic hydroxyl groups is 1. The molecule has 0 fully saturated rings. The van der Waals surface area contributed by atoms with Crippen molar-refractivity contribution < 1.29 is 139 Å². The summed E-state index contributed by atoms with van der Waals surface area (Å²) in [6, 6.07) is 45.5. The summed E-state index contributed by atoms with van der Waals surface area (Å²) in [7, 11) is -10.4. The molecule has 0 saturated heterocycles. The number of H-pyrrole nitrogens is 1. The van der Waals surface area contributed by atoms with Gasteiger partial charge in [-0.25, -0.2) is 62.8 Å². The van der Waals surface area contributed by atoms with Crippen molar-refractivity contribution in [1.82, 2.24) is 65.9 Å². The number of aldehydes is 1. The van der Waals surface area contributed by atoms with Crippen LogP contribution in [0.3, 0.4) is 0 Å². The van der Waals surface area contributed by atoms with E-state index >= 15 is 0 Å². The van der Waals surface area contributed by atoms with Crippen LogP contribution in [0.25, 0.3) is 10.3 Å². The van der Waals surface area contributed by atoms with Crippen molar-refractivity contribution >= 4 is 112 Å². The summed E-state index contributed by atoms with van der Waals surface area (Å²) in [5.41, 5.74) is 9.97. The average molecular weight is 1900 g/mol. The van der Waals surface area contributed by atoms with Crippen molar-refractivity contribution in [2.45, 2.75) is 83.9 Å². The van der Waals surface area contributed by atoms with Gasteiger partial charge in [0.15, 0.2) is 12.4 Å². The maximum atomic E-state index is 13.1. The van der Waals surface area contributed by atoms with Crippen LogP contribution in [0.5, 0.6) is 11.5 Å². The van der Waals surface area contributed by atoms with Crippen molar-refractivity contribution in [3.8, 4) is 21.8 Å². The molecule has 10 N–H and O–H groups in total. The predicted molar refractivity (Wildman–Crippen MR) is 464 cm³/mol. The van der Waals surface area contributed by atoms with Crippen LogP contribution in [0.4, 0.5) is 23.7 Å². The monoisotopic (exact) mass is 1900 g/mol. The number of nitrogens with two attached hydrogens (primary N) is 1. The number of nitrogens with one attached hydrogen (secondary N) is 7. The molecule has 0 aliphatic carbocycles. The van der Waals surface area contributed by atoms with Crippen molar-refractivity contribution in [2.24, 2.45) is 5.73 Å². The second kappa shape index (κ2) is 46.5. The van der Waals surface area contributed by atoms with Gasteiger partial charge in [0, 0.05) is 132 Å². The zero-order valence-electron chi connectivity index (χ0n) is 69.4. The number of carbonyl (C=O) groups is 6. The van der Waals surface area contributed by atoms with E-state index < -0.39 is 63.6 Å². The third kappa shape index (κ3) is 25.1. The van der Waals surface area contributed by atoms with Crippen LogP contribution >= 0.6 is 22.7 Å². The summed E-state index contributed by atoms with van der Waals surface area (Å²) < 4.78 is 147. The van der Waals surface area contributed by atoms with E-state index in [1.807, 2.05) is 60.8 Å². The fourth-order valence-corrected chi connectivity index (χ4v) is 21.5. The zero-order chi connectivity index (χ0) is 89.1. The Morgan fingerprint density at radius 1 is 0.586 bits per heavy atom. The minimum absolute atomic E-state index is 0. The molecule has 12 heterocycles. The Labute approximate surface area is 776 Å². The molecule has 128 heavy (non-hydrogen) atoms. The molecule has 7 aliphatic heterocycles. The van der Waals surface area contributed by atoms with Gasteiger partial charge in [0.1, 0.15) is 22.1 Å². The maximum absolute atomic E-state index is 13.1. The number of thiazole rings is 2. The molecule has 0 unspecified atom stereocenters. The van der Waals surface area contributed by atoms with Crippen LogP contribution in [0, 0.1) is 6.92 Å². The predicted octanol–water partition coefficient (Wildman–Crippen LogP) is 2.83. The van der Waals surface area contributed by atoms with Crippen LogP contribution in [0.15, 0.2) is 270 Å². The van der Waals surface area contributed by atoms with Crippen molar-refractivity contribution in [2.75, 3.05) is 65.9 Å². The molecule has 6 amide bonds. The summed E-state index contributed by atoms with van der Waals surface area (Å²) in [4.78, 5) is 88.4. The number of hydrogen-bond donors (Lipinski definition) is 8. The van der Waals surface area contributed by atoms with Crippen LogP contribution in [-0.2, 0) is 63.8 Å². The van der Waals surface area contributed by atoms with Crippen LogP contribution in [0.1, 0.15) is 90.4 Å². The standard InChI is InChI=1S/C20H18N6O4S2.C20H20N2O4S.C12H12N2O3S.C12H8N2O3S.C8H10O.C7H8N4S.C2HF3O.CH4O.CH4.B.ClH.Na.H/c27-18-14-4-1-2-5-16(14)32(29,30)17-6-9-25(12-15(17)24-18)19(28)21-10-13-11-22-20(31-13)26-8-3-7-23-26;1-26-15-8-6-14(7-9-15)12-22-11-10-19-17(13-22)21-20(23)16-4-2-3-5-18(16)27(19,24)25;2*15-12-8-3-1-2-4-10(8)18(16,17)11-5-6-13-7-9(11)14-12;1-7-3-5-8(9-2)6-4-7;8-4-6-5-9-7(12-6)11-3-1-2-10-11;3-2(4,5)1-6;1-2;;;;;/h1-5,7-8,11H,6,9-10,12H2,(H,21,28)(H,24,27);2-9H,10-13H2,1H3,(H,21,23);1-4,13H,5-7H2,(H,14,15);1-7H,(H,14,15);3-6H,1-2H3;1-3,5H,4,8H2;1H;2H,1H3;1H4;;1H;;/q;;;;;;;;;;;+1;-1. The van der Waals surface area contributed by atoms with Gasteiger partial charge in [-0.15, -0.1) is 0 Å². The minimum atomic E-state index is -4.64. The van der Waals surface area contributed by atoms with Crippen molar-refractivity contribution in [3.05, 3.63) is 288 Å². The molecule has 0 atom stereocenters. The number of methoxy groups -OCH3 is 2. The van der Waals surface area contributed by atoms with Gasteiger partial charge in [-0.2, -0.15) is 23.4 Å². The first kappa shape index (κ1) is 104. The second-order valence-electron chi connectivity index (χ2n) is 27.0. The van der Waals surface area contributed by atoms with Gasteiger partial charge in [0.25, 0.3) is 23.6 Å². The molecular formula is C83H87BClF3N16NaO17S6. The summed E-state index contributed by atoms with van der Waals surface area (Å²) in [6.07, 6.45) is 8.66. The third-order valence-electron chi connectivity index (χ3n) is 19.0. The fourth-order valence-electron chi connectivity index (χ4n) is 13.0. The number of rotatable bonds is 9. The number of aryl methyl sites for hydroxylation is 1. The maximum Gasteiger partial charge on any atom is 1.00 e. The molecule has 0 saturated carbocycles. The van der Waals surface area contributed by atoms with Crippen LogP contribution in [-0.4, -0.2) is 189 Å². The number of halogens is 4. The summed E-state index contributed by atoms with van der Waals surface area (Å²) in [6.45, 7) is 5.76. The Morgan fingerprint density at radius 3 is 1.46 bits per heavy atom. The molecule has 669 valence electrons. The smallest absolute Gasteiger partial charge is 1.00 e. The second-order valence-corrected chi connectivity index (χ2v) is 36.9. The molecule has 6 aromatic carbocycles. The molecule has 45 heteroatoms. The number of fused-ring (bicyclic) bond motifs is 5. The molecule has 0 bridgehead atoms. The first-order valence-electron chi connectivity index (χ1n) is 37.5. The van der Waals surface area contributed by atoms with Gasteiger partial charge < -0.3 is 70.9 Å². The number of anilines is 1. The SMILES string of the molecule is C.CO.COc1ccc(C)cc1.COc1ccc(CN2CCC3=C(C2)NC(=O)c2ccccc2S3(=O)=O)cc1.NCc1cnc(-n2cccn2)s1.O=C1NC2=C(CCN(C(=O)NCc3cnc(-n4cccn4)s3)C2)S(=O)(=O)c2ccccc21.O=C1NC2=C(CCNC2)S(=O)(=O)c2ccccc21.O=C1Nc2c[nH+]ccc2S(=O)(=O)c2ccccc21.O=CC(F)(F)F.[B].[Cl-].[H-].[Na+]. The Morgan fingerprint density at radius 2 is 1.01 bits per heavy atom. The Hall–Kier alpha value is -11.4. The summed E-state index contributed by atoms with van der Waals surface area (Å²) in [5.74, 6) is 0.0657. The van der Waals surface area contributed by atoms with E-state index in [4.69, 9.17) is 25.1 Å². The molecule has 11 aromatic rings. The molecule has 18 rings (SSSR count).